The van der Waals surface area contributed by atoms with Gasteiger partial charge in [0.2, 0.25) is 0 Å². The van der Waals surface area contributed by atoms with Crippen LogP contribution in [-0.2, 0) is 28.6 Å². The topological polar surface area (TPSA) is 78.9 Å². The van der Waals surface area contributed by atoms with Crippen LogP contribution in [0.1, 0.15) is 316 Å². The van der Waals surface area contributed by atoms with Crippen LogP contribution in [0, 0.1) is 0 Å². The van der Waals surface area contributed by atoms with Crippen molar-refractivity contribution in [2.24, 2.45) is 0 Å². The maximum atomic E-state index is 12.8. The Balaban J connectivity index is 4.27. The number of hydrogen-bond donors (Lipinski definition) is 0. The number of allylic oxidation sites excluding steroid dienone is 4. The number of unbranched alkanes of at least 4 members (excludes halogenated alkanes) is 38. The van der Waals surface area contributed by atoms with E-state index in [9.17, 15) is 14.4 Å². The molecule has 0 saturated carbocycles. The fourth-order valence-corrected chi connectivity index (χ4v) is 8.55. The van der Waals surface area contributed by atoms with Crippen LogP contribution in [0.15, 0.2) is 24.3 Å². The van der Waals surface area contributed by atoms with Crippen LogP contribution >= 0.6 is 0 Å². The van der Waals surface area contributed by atoms with Crippen LogP contribution in [0.4, 0.5) is 0 Å². The van der Waals surface area contributed by atoms with E-state index in [-0.39, 0.29) is 31.1 Å². The minimum atomic E-state index is -0.771. The second kappa shape index (κ2) is 54.5. The van der Waals surface area contributed by atoms with E-state index >= 15 is 0 Å². The highest BCUT2D eigenvalue weighted by atomic mass is 16.6. The molecule has 0 heterocycles. The van der Waals surface area contributed by atoms with Gasteiger partial charge in [0, 0.05) is 19.3 Å². The summed E-state index contributed by atoms with van der Waals surface area (Å²) in [6.45, 7) is 6.65. The summed E-state index contributed by atoms with van der Waals surface area (Å²) >= 11 is 0. The molecule has 1 atom stereocenters. The van der Waals surface area contributed by atoms with Crippen molar-refractivity contribution in [3.63, 3.8) is 0 Å². The van der Waals surface area contributed by atoms with Crippen LogP contribution in [-0.4, -0.2) is 37.2 Å². The molecule has 0 fully saturated rings. The molecule has 0 N–H and O–H groups in total. The van der Waals surface area contributed by atoms with E-state index in [1.165, 1.54) is 212 Å². The quantitative estimate of drug-likeness (QED) is 0.0262. The van der Waals surface area contributed by atoms with Crippen LogP contribution < -0.4 is 0 Å². The van der Waals surface area contributed by atoms with Crippen LogP contribution in [0.5, 0.6) is 0 Å². The summed E-state index contributed by atoms with van der Waals surface area (Å²) in [5.41, 5.74) is 0. The van der Waals surface area contributed by atoms with E-state index < -0.39 is 6.10 Å². The largest absolute Gasteiger partial charge is 0.462 e. The van der Waals surface area contributed by atoms with Gasteiger partial charge in [-0.25, -0.2) is 0 Å². The van der Waals surface area contributed by atoms with Crippen molar-refractivity contribution in [3.05, 3.63) is 24.3 Å². The number of esters is 3. The molecule has 0 aromatic heterocycles. The molecule has 0 aliphatic rings. The molecule has 0 bridgehead atoms. The summed E-state index contributed by atoms with van der Waals surface area (Å²) < 4.78 is 16.9. The van der Waals surface area contributed by atoms with Gasteiger partial charge >= 0.3 is 17.9 Å². The third-order valence-electron chi connectivity index (χ3n) is 12.9. The minimum Gasteiger partial charge on any atom is -0.462 e. The van der Waals surface area contributed by atoms with E-state index in [1.807, 2.05) is 0 Å². The standard InChI is InChI=1S/C59H110O6/c1-4-7-10-13-16-19-22-25-26-27-28-29-30-31-32-35-37-40-43-46-49-52-58(61)64-55-56(65-59(62)53-50-47-44-41-38-34-24-21-18-15-12-9-6-3)54-63-57(60)51-48-45-42-39-36-33-23-20-17-14-11-8-5-2/h21,24-26,56H,4-20,22-23,27-55H2,1-3H3/b24-21-,26-25-/t56-/m0/s1. The smallest absolute Gasteiger partial charge is 0.306 e. The number of carbonyl (C=O) groups excluding carboxylic acids is 3. The molecule has 0 aromatic carbocycles. The highest BCUT2D eigenvalue weighted by Crippen LogP contribution is 2.16. The lowest BCUT2D eigenvalue weighted by molar-refractivity contribution is -0.167. The SMILES string of the molecule is CCCCCC/C=C\CCCCCCCC(=O)O[C@H](COC(=O)CCCCCCCCCCCCC/C=C\CCCCCCCC)COC(=O)CCCCCCCCCCCCCCC. The second-order valence-corrected chi connectivity index (χ2v) is 19.6. The number of hydrogen-bond acceptors (Lipinski definition) is 6. The summed E-state index contributed by atoms with van der Waals surface area (Å²) in [4.78, 5) is 38.1. The van der Waals surface area contributed by atoms with Gasteiger partial charge in [-0.1, -0.05) is 251 Å². The van der Waals surface area contributed by atoms with Gasteiger partial charge in [-0.15, -0.1) is 0 Å². The Morgan fingerprint density at radius 1 is 0.292 bits per heavy atom. The lowest BCUT2D eigenvalue weighted by Crippen LogP contribution is -2.30. The first kappa shape index (κ1) is 62.9. The summed E-state index contributed by atoms with van der Waals surface area (Å²) in [7, 11) is 0. The Labute approximate surface area is 404 Å². The zero-order valence-corrected chi connectivity index (χ0v) is 43.8. The lowest BCUT2D eigenvalue weighted by Gasteiger charge is -2.18. The first-order valence-electron chi connectivity index (χ1n) is 28.8. The Morgan fingerprint density at radius 3 is 0.785 bits per heavy atom. The zero-order chi connectivity index (χ0) is 47.2. The molecule has 65 heavy (non-hydrogen) atoms. The first-order chi connectivity index (χ1) is 32.0. The molecule has 0 unspecified atom stereocenters. The van der Waals surface area contributed by atoms with Crippen molar-refractivity contribution in [3.8, 4) is 0 Å². The summed E-state index contributed by atoms with van der Waals surface area (Å²) in [6.07, 6.45) is 63.1. The average molecular weight is 916 g/mol. The third kappa shape index (κ3) is 52.7. The number of carbonyl (C=O) groups is 3. The summed E-state index contributed by atoms with van der Waals surface area (Å²) in [5, 5.41) is 0. The van der Waals surface area contributed by atoms with Gasteiger partial charge in [0.05, 0.1) is 0 Å². The third-order valence-corrected chi connectivity index (χ3v) is 12.9. The Kier molecular flexibility index (Phi) is 52.7. The molecule has 382 valence electrons. The molecule has 0 radical (unpaired) electrons. The van der Waals surface area contributed by atoms with Crippen LogP contribution in [0.2, 0.25) is 0 Å². The highest BCUT2D eigenvalue weighted by Gasteiger charge is 2.19. The number of rotatable bonds is 53. The van der Waals surface area contributed by atoms with Crippen molar-refractivity contribution in [1.82, 2.24) is 0 Å². The fraction of sp³-hybridized carbons (Fsp3) is 0.881. The number of ether oxygens (including phenoxy) is 3. The van der Waals surface area contributed by atoms with Gasteiger partial charge in [0.25, 0.3) is 0 Å². The van der Waals surface area contributed by atoms with E-state index in [0.717, 1.165) is 64.2 Å². The van der Waals surface area contributed by atoms with Gasteiger partial charge in [-0.2, -0.15) is 0 Å². The van der Waals surface area contributed by atoms with E-state index in [4.69, 9.17) is 14.2 Å². The maximum Gasteiger partial charge on any atom is 0.306 e. The first-order valence-corrected chi connectivity index (χ1v) is 28.8. The normalized spacial score (nSPS) is 12.1. The molecule has 0 amide bonds. The van der Waals surface area contributed by atoms with Crippen molar-refractivity contribution in [2.45, 2.75) is 322 Å². The van der Waals surface area contributed by atoms with E-state index in [0.29, 0.717) is 19.3 Å². The molecule has 0 aromatic rings. The van der Waals surface area contributed by atoms with E-state index in [1.54, 1.807) is 0 Å². The van der Waals surface area contributed by atoms with Crippen molar-refractivity contribution >= 4 is 17.9 Å². The van der Waals surface area contributed by atoms with Crippen LogP contribution in [0.3, 0.4) is 0 Å². The molecule has 6 heteroatoms. The van der Waals surface area contributed by atoms with Gasteiger partial charge < -0.3 is 14.2 Å². The molecular weight excluding hydrogens is 805 g/mol. The molecule has 0 aliphatic heterocycles. The predicted molar refractivity (Wildman–Crippen MR) is 279 cm³/mol. The highest BCUT2D eigenvalue weighted by molar-refractivity contribution is 5.71. The van der Waals surface area contributed by atoms with E-state index in [2.05, 4.69) is 45.1 Å². The fourth-order valence-electron chi connectivity index (χ4n) is 8.55. The van der Waals surface area contributed by atoms with Crippen molar-refractivity contribution in [1.29, 1.82) is 0 Å². The van der Waals surface area contributed by atoms with Gasteiger partial charge in [-0.05, 0) is 70.6 Å². The molecule has 6 nitrogen and oxygen atoms in total. The van der Waals surface area contributed by atoms with Crippen molar-refractivity contribution < 1.29 is 28.6 Å². The van der Waals surface area contributed by atoms with Gasteiger partial charge in [0.15, 0.2) is 6.10 Å². The maximum absolute atomic E-state index is 12.8. The molecule has 0 spiro atoms. The minimum absolute atomic E-state index is 0.0703. The van der Waals surface area contributed by atoms with Crippen LogP contribution in [0.25, 0.3) is 0 Å². The Bertz CT molecular complexity index is 1050. The second-order valence-electron chi connectivity index (χ2n) is 19.6. The summed E-state index contributed by atoms with van der Waals surface area (Å²) in [6, 6.07) is 0. The average Bonchev–Trinajstić information content (AvgIpc) is 3.30. The molecular formula is C59H110O6. The summed E-state index contributed by atoms with van der Waals surface area (Å²) in [5.74, 6) is -0.862. The molecule has 0 aliphatic carbocycles. The Morgan fingerprint density at radius 2 is 0.508 bits per heavy atom. The molecule has 0 rings (SSSR count). The van der Waals surface area contributed by atoms with Crippen molar-refractivity contribution in [2.75, 3.05) is 13.2 Å². The van der Waals surface area contributed by atoms with Gasteiger partial charge in [-0.3, -0.25) is 14.4 Å². The lowest BCUT2D eigenvalue weighted by atomic mass is 10.0. The monoisotopic (exact) mass is 915 g/mol. The van der Waals surface area contributed by atoms with Gasteiger partial charge in [0.1, 0.15) is 13.2 Å². The Hall–Kier alpha value is -2.11. The predicted octanol–water partition coefficient (Wildman–Crippen LogP) is 19.1. The zero-order valence-electron chi connectivity index (χ0n) is 43.8. The molecule has 0 saturated heterocycles.